The highest BCUT2D eigenvalue weighted by atomic mass is 35.5. The third kappa shape index (κ3) is 3.41. The minimum atomic E-state index is -0.184. The zero-order valence-corrected chi connectivity index (χ0v) is 15.0. The number of nitrogens with one attached hydrogen (secondary N) is 1. The van der Waals surface area contributed by atoms with E-state index in [0.717, 1.165) is 30.1 Å². The van der Waals surface area contributed by atoms with Crippen LogP contribution >= 0.6 is 11.6 Å². The Hall–Kier alpha value is -2.50. The third-order valence-corrected chi connectivity index (χ3v) is 4.79. The summed E-state index contributed by atoms with van der Waals surface area (Å²) < 4.78 is 11.1. The molecule has 0 atom stereocenters. The monoisotopic (exact) mass is 370 g/mol. The van der Waals surface area contributed by atoms with Crippen LogP contribution in [0.2, 0.25) is 5.02 Å². The molecule has 1 fully saturated rings. The van der Waals surface area contributed by atoms with Gasteiger partial charge in [-0.15, -0.1) is 0 Å². The molecule has 134 valence electrons. The largest absolute Gasteiger partial charge is 0.488 e. The molecule has 0 bridgehead atoms. The molecule has 0 saturated carbocycles. The van der Waals surface area contributed by atoms with Gasteiger partial charge in [0.1, 0.15) is 12.4 Å². The fourth-order valence-corrected chi connectivity index (χ4v) is 3.47. The molecule has 1 N–H and O–H groups in total. The maximum atomic E-state index is 12.8. The molecule has 4 rings (SSSR count). The summed E-state index contributed by atoms with van der Waals surface area (Å²) in [6.45, 7) is 3.02. The SMILES string of the molecule is O=C(Nc1cccc(Cl)c1N1CCOCC1)C1=Cc2ccccc2OC1. The van der Waals surface area contributed by atoms with E-state index in [4.69, 9.17) is 21.1 Å². The van der Waals surface area contributed by atoms with Gasteiger partial charge in [0.15, 0.2) is 0 Å². The van der Waals surface area contributed by atoms with E-state index in [9.17, 15) is 4.79 Å². The number of ether oxygens (including phenoxy) is 2. The molecule has 0 unspecified atom stereocenters. The number of carbonyl (C=O) groups excluding carboxylic acids is 1. The smallest absolute Gasteiger partial charge is 0.255 e. The van der Waals surface area contributed by atoms with Crippen molar-refractivity contribution in [3.8, 4) is 5.75 Å². The molecule has 2 heterocycles. The first kappa shape index (κ1) is 16.9. The zero-order valence-electron chi connectivity index (χ0n) is 14.2. The Morgan fingerprint density at radius 3 is 2.73 bits per heavy atom. The number of anilines is 2. The van der Waals surface area contributed by atoms with Crippen molar-refractivity contribution in [1.29, 1.82) is 0 Å². The molecule has 0 radical (unpaired) electrons. The Bertz CT molecular complexity index is 860. The highest BCUT2D eigenvalue weighted by molar-refractivity contribution is 6.34. The second-order valence-corrected chi connectivity index (χ2v) is 6.59. The Balaban J connectivity index is 1.59. The highest BCUT2D eigenvalue weighted by Crippen LogP contribution is 2.35. The Kier molecular flexibility index (Phi) is 4.82. The van der Waals surface area contributed by atoms with Gasteiger partial charge in [-0.05, 0) is 24.3 Å². The summed E-state index contributed by atoms with van der Waals surface area (Å²) in [6, 6.07) is 13.2. The lowest BCUT2D eigenvalue weighted by atomic mass is 10.1. The number of fused-ring (bicyclic) bond motifs is 1. The number of morpholine rings is 1. The van der Waals surface area contributed by atoms with Crippen LogP contribution in [0.15, 0.2) is 48.0 Å². The summed E-state index contributed by atoms with van der Waals surface area (Å²) in [4.78, 5) is 14.9. The molecule has 0 aromatic heterocycles. The molecule has 2 aromatic carbocycles. The molecule has 2 aliphatic heterocycles. The van der Waals surface area contributed by atoms with E-state index in [1.54, 1.807) is 0 Å². The van der Waals surface area contributed by atoms with Crippen molar-refractivity contribution in [2.24, 2.45) is 0 Å². The van der Waals surface area contributed by atoms with Crippen LogP contribution in [0.5, 0.6) is 5.75 Å². The third-order valence-electron chi connectivity index (χ3n) is 4.49. The molecule has 0 aliphatic carbocycles. The lowest BCUT2D eigenvalue weighted by Gasteiger charge is -2.31. The van der Waals surface area contributed by atoms with E-state index in [-0.39, 0.29) is 12.5 Å². The van der Waals surface area contributed by atoms with Gasteiger partial charge in [-0.25, -0.2) is 0 Å². The number of hydrogen-bond donors (Lipinski definition) is 1. The van der Waals surface area contributed by atoms with Crippen LogP contribution in [-0.2, 0) is 9.53 Å². The minimum Gasteiger partial charge on any atom is -0.488 e. The number of amides is 1. The molecule has 0 spiro atoms. The molecular weight excluding hydrogens is 352 g/mol. The zero-order chi connectivity index (χ0) is 17.9. The Labute approximate surface area is 157 Å². The quantitative estimate of drug-likeness (QED) is 0.897. The lowest BCUT2D eigenvalue weighted by Crippen LogP contribution is -2.37. The van der Waals surface area contributed by atoms with E-state index in [1.807, 2.05) is 48.5 Å². The van der Waals surface area contributed by atoms with Crippen molar-refractivity contribution >= 4 is 35.0 Å². The van der Waals surface area contributed by atoms with E-state index in [1.165, 1.54) is 0 Å². The first-order chi connectivity index (χ1) is 12.7. The summed E-state index contributed by atoms with van der Waals surface area (Å²) in [7, 11) is 0. The van der Waals surface area contributed by atoms with Gasteiger partial charge < -0.3 is 19.7 Å². The van der Waals surface area contributed by atoms with Crippen LogP contribution < -0.4 is 15.0 Å². The molecule has 5 nitrogen and oxygen atoms in total. The Morgan fingerprint density at radius 1 is 1.08 bits per heavy atom. The number of benzene rings is 2. The van der Waals surface area contributed by atoms with Gasteiger partial charge in [-0.1, -0.05) is 35.9 Å². The van der Waals surface area contributed by atoms with E-state index in [2.05, 4.69) is 10.2 Å². The van der Waals surface area contributed by atoms with Crippen LogP contribution in [0.1, 0.15) is 5.56 Å². The van der Waals surface area contributed by atoms with Gasteiger partial charge in [0, 0.05) is 18.7 Å². The number of carbonyl (C=O) groups is 1. The summed E-state index contributed by atoms with van der Waals surface area (Å²) in [5.74, 6) is 0.608. The number of rotatable bonds is 3. The number of hydrogen-bond acceptors (Lipinski definition) is 4. The van der Waals surface area contributed by atoms with Gasteiger partial charge in [0.2, 0.25) is 0 Å². The van der Waals surface area contributed by atoms with Gasteiger partial charge in [0.25, 0.3) is 5.91 Å². The van der Waals surface area contributed by atoms with Crippen LogP contribution in [0.25, 0.3) is 6.08 Å². The number of para-hydroxylation sites is 2. The first-order valence-corrected chi connectivity index (χ1v) is 8.95. The summed E-state index contributed by atoms with van der Waals surface area (Å²) in [5, 5.41) is 3.61. The number of nitrogens with zero attached hydrogens (tertiary/aromatic N) is 1. The molecule has 2 aromatic rings. The predicted octanol–water partition coefficient (Wildman–Crippen LogP) is 3.59. The molecule has 1 amide bonds. The lowest BCUT2D eigenvalue weighted by molar-refractivity contribution is -0.113. The van der Waals surface area contributed by atoms with Gasteiger partial charge >= 0.3 is 0 Å². The fraction of sp³-hybridized carbons (Fsp3) is 0.250. The standard InChI is InChI=1S/C20H19ClN2O3/c21-16-5-3-6-17(19(16)23-8-10-25-11-9-23)22-20(24)15-12-14-4-1-2-7-18(14)26-13-15/h1-7,12H,8-11,13H2,(H,22,24). The topological polar surface area (TPSA) is 50.8 Å². The summed E-state index contributed by atoms with van der Waals surface area (Å²) in [6.07, 6.45) is 1.87. The van der Waals surface area contributed by atoms with Gasteiger partial charge in [-0.3, -0.25) is 4.79 Å². The van der Waals surface area contributed by atoms with Crippen molar-refractivity contribution in [2.45, 2.75) is 0 Å². The average Bonchev–Trinajstić information content (AvgIpc) is 2.68. The average molecular weight is 371 g/mol. The predicted molar refractivity (Wildman–Crippen MR) is 103 cm³/mol. The minimum absolute atomic E-state index is 0.184. The number of halogens is 1. The van der Waals surface area contributed by atoms with Crippen LogP contribution in [0.4, 0.5) is 11.4 Å². The van der Waals surface area contributed by atoms with Crippen molar-refractivity contribution in [1.82, 2.24) is 0 Å². The highest BCUT2D eigenvalue weighted by Gasteiger charge is 2.21. The van der Waals surface area contributed by atoms with E-state index in [0.29, 0.717) is 29.5 Å². The van der Waals surface area contributed by atoms with Crippen LogP contribution in [0.3, 0.4) is 0 Å². The molecule has 2 aliphatic rings. The fourth-order valence-electron chi connectivity index (χ4n) is 3.17. The molecular formula is C20H19ClN2O3. The Morgan fingerprint density at radius 2 is 1.88 bits per heavy atom. The van der Waals surface area contributed by atoms with Crippen molar-refractivity contribution in [3.63, 3.8) is 0 Å². The second kappa shape index (κ2) is 7.40. The maximum absolute atomic E-state index is 12.8. The van der Waals surface area contributed by atoms with Crippen molar-refractivity contribution in [3.05, 3.63) is 58.6 Å². The normalized spacial score (nSPS) is 16.3. The second-order valence-electron chi connectivity index (χ2n) is 6.19. The van der Waals surface area contributed by atoms with Crippen molar-refractivity contribution in [2.75, 3.05) is 43.1 Å². The van der Waals surface area contributed by atoms with Crippen molar-refractivity contribution < 1.29 is 14.3 Å². The molecule has 1 saturated heterocycles. The first-order valence-electron chi connectivity index (χ1n) is 8.57. The van der Waals surface area contributed by atoms with Crippen LogP contribution in [-0.4, -0.2) is 38.8 Å². The van der Waals surface area contributed by atoms with E-state index < -0.39 is 0 Å². The molecule has 6 heteroatoms. The van der Waals surface area contributed by atoms with Gasteiger partial charge in [-0.2, -0.15) is 0 Å². The van der Waals surface area contributed by atoms with E-state index >= 15 is 0 Å². The molecule has 26 heavy (non-hydrogen) atoms. The summed E-state index contributed by atoms with van der Waals surface area (Å²) in [5.41, 5.74) is 3.02. The van der Waals surface area contributed by atoms with Gasteiger partial charge in [0.05, 0.1) is 35.2 Å². The van der Waals surface area contributed by atoms with Crippen LogP contribution in [0, 0.1) is 0 Å². The maximum Gasteiger partial charge on any atom is 0.255 e. The summed E-state index contributed by atoms with van der Waals surface area (Å²) >= 11 is 6.43.